The molecule has 0 saturated heterocycles. The molecule has 1 atom stereocenters. The van der Waals surface area contributed by atoms with Gasteiger partial charge in [0.25, 0.3) is 0 Å². The molecule has 1 aliphatic rings. The van der Waals surface area contributed by atoms with Crippen LogP contribution in [0.25, 0.3) is 0 Å². The van der Waals surface area contributed by atoms with Crippen LogP contribution < -0.4 is 11.1 Å². The number of aromatic nitrogens is 1. The molecule has 4 nitrogen and oxygen atoms in total. The van der Waals surface area contributed by atoms with Crippen LogP contribution in [0.3, 0.4) is 0 Å². The monoisotopic (exact) mass is 381 g/mol. The molecule has 1 unspecified atom stereocenters. The van der Waals surface area contributed by atoms with Crippen molar-refractivity contribution in [1.29, 1.82) is 0 Å². The lowest BCUT2D eigenvalue weighted by Gasteiger charge is -2.36. The highest BCUT2D eigenvalue weighted by Crippen LogP contribution is 2.38. The highest BCUT2D eigenvalue weighted by atomic mass is 35.5. The molecule has 3 N–H and O–H groups in total. The van der Waals surface area contributed by atoms with Crippen LogP contribution in [-0.2, 0) is 4.79 Å². The maximum Gasteiger partial charge on any atom is 0.221 e. The summed E-state index contributed by atoms with van der Waals surface area (Å²) in [6.45, 7) is 4.69. The molecule has 1 saturated carbocycles. The summed E-state index contributed by atoms with van der Waals surface area (Å²) in [6.07, 6.45) is 7.28. The first-order chi connectivity index (χ1) is 10.1. The van der Waals surface area contributed by atoms with Crippen LogP contribution in [0.5, 0.6) is 0 Å². The second-order valence-corrected chi connectivity index (χ2v) is 7.19. The van der Waals surface area contributed by atoms with Gasteiger partial charge in [-0.1, -0.05) is 26.2 Å². The Labute approximate surface area is 155 Å². The van der Waals surface area contributed by atoms with E-state index in [2.05, 4.69) is 17.2 Å². The first kappa shape index (κ1) is 22.6. The predicted octanol–water partition coefficient (Wildman–Crippen LogP) is 4.16. The minimum Gasteiger partial charge on any atom is -0.347 e. The average molecular weight is 382 g/mol. The van der Waals surface area contributed by atoms with Gasteiger partial charge in [-0.2, -0.15) is 0 Å². The summed E-state index contributed by atoms with van der Waals surface area (Å²) in [5.74, 6) is 0.127. The number of carbonyl (C=O) groups excluding carboxylic acids is 1. The van der Waals surface area contributed by atoms with E-state index in [4.69, 9.17) is 5.73 Å². The molecule has 1 aromatic rings. The fourth-order valence-corrected chi connectivity index (χ4v) is 4.14. The van der Waals surface area contributed by atoms with Gasteiger partial charge in [0.15, 0.2) is 0 Å². The zero-order valence-electron chi connectivity index (χ0n) is 14.0. The lowest BCUT2D eigenvalue weighted by molar-refractivity contribution is -0.124. The molecule has 1 aromatic heterocycles. The van der Waals surface area contributed by atoms with Crippen molar-refractivity contribution in [1.82, 2.24) is 10.3 Å². The summed E-state index contributed by atoms with van der Waals surface area (Å²) >= 11 is 1.62. The van der Waals surface area contributed by atoms with Crippen LogP contribution in [0, 0.1) is 12.3 Å². The van der Waals surface area contributed by atoms with Crippen molar-refractivity contribution in [2.24, 2.45) is 11.1 Å². The number of carbonyl (C=O) groups is 1. The lowest BCUT2D eigenvalue weighted by atomic mass is 9.71. The quantitative estimate of drug-likeness (QED) is 0.776. The summed E-state index contributed by atoms with van der Waals surface area (Å²) in [6, 6.07) is 0.0367. The number of hydrogen-bond donors (Lipinski definition) is 2. The Kier molecular flexibility index (Phi) is 10.3. The predicted molar refractivity (Wildman–Crippen MR) is 102 cm³/mol. The highest BCUT2D eigenvalue weighted by Gasteiger charge is 2.33. The Morgan fingerprint density at radius 1 is 1.39 bits per heavy atom. The van der Waals surface area contributed by atoms with Gasteiger partial charge in [0.1, 0.15) is 5.01 Å². The molecule has 134 valence electrons. The minimum atomic E-state index is 0. The first-order valence-electron chi connectivity index (χ1n) is 8.00. The number of hydrogen-bond acceptors (Lipinski definition) is 4. The summed E-state index contributed by atoms with van der Waals surface area (Å²) in [4.78, 5) is 16.9. The number of thiazole rings is 1. The third-order valence-corrected chi connectivity index (χ3v) is 5.64. The molecule has 2 rings (SSSR count). The maximum atomic E-state index is 12.4. The molecular weight excluding hydrogens is 353 g/mol. The van der Waals surface area contributed by atoms with Gasteiger partial charge in [-0.05, 0) is 38.1 Å². The van der Waals surface area contributed by atoms with E-state index in [1.165, 1.54) is 19.3 Å². The molecule has 0 bridgehead atoms. The molecule has 0 spiro atoms. The molecule has 1 fully saturated rings. The second-order valence-electron chi connectivity index (χ2n) is 6.30. The Bertz CT molecular complexity index is 476. The fourth-order valence-electron chi connectivity index (χ4n) is 3.21. The van der Waals surface area contributed by atoms with Crippen molar-refractivity contribution in [2.75, 3.05) is 6.54 Å². The van der Waals surface area contributed by atoms with Crippen LogP contribution in [0.4, 0.5) is 0 Å². The zero-order chi connectivity index (χ0) is 15.3. The van der Waals surface area contributed by atoms with E-state index in [1.54, 1.807) is 11.3 Å². The molecular formula is C16H29Cl2N3OS. The lowest BCUT2D eigenvalue weighted by Crippen LogP contribution is -2.39. The fraction of sp³-hybridized carbons (Fsp3) is 0.750. The number of rotatable bonds is 6. The van der Waals surface area contributed by atoms with Gasteiger partial charge >= 0.3 is 0 Å². The number of nitrogens with one attached hydrogen (secondary N) is 1. The van der Waals surface area contributed by atoms with Gasteiger partial charge in [-0.3, -0.25) is 4.79 Å². The standard InChI is InChI=1S/C16H27N3OS.2ClH/c1-3-13(15-18-12(2)10-21-15)19-14(20)9-16(11-17)7-5-4-6-8-16;;/h10,13H,3-9,11,17H2,1-2H3,(H,19,20);2*1H. The van der Waals surface area contributed by atoms with Crippen molar-refractivity contribution < 1.29 is 4.79 Å². The third kappa shape index (κ3) is 6.22. The molecule has 0 aliphatic heterocycles. The van der Waals surface area contributed by atoms with Gasteiger partial charge in [-0.15, -0.1) is 36.2 Å². The van der Waals surface area contributed by atoms with Crippen molar-refractivity contribution in [2.45, 2.75) is 64.8 Å². The summed E-state index contributed by atoms with van der Waals surface area (Å²) in [5, 5.41) is 6.20. The topological polar surface area (TPSA) is 68.0 Å². The summed E-state index contributed by atoms with van der Waals surface area (Å²) in [7, 11) is 0. The second kappa shape index (κ2) is 10.5. The highest BCUT2D eigenvalue weighted by molar-refractivity contribution is 7.09. The van der Waals surface area contributed by atoms with Crippen molar-refractivity contribution in [3.05, 3.63) is 16.1 Å². The Balaban J connectivity index is 0.00000242. The van der Waals surface area contributed by atoms with E-state index in [-0.39, 0.29) is 42.2 Å². The van der Waals surface area contributed by atoms with E-state index < -0.39 is 0 Å². The van der Waals surface area contributed by atoms with Gasteiger partial charge in [0.2, 0.25) is 5.91 Å². The number of halogens is 2. The maximum absolute atomic E-state index is 12.4. The van der Waals surface area contributed by atoms with E-state index in [9.17, 15) is 4.79 Å². The molecule has 1 aliphatic carbocycles. The zero-order valence-corrected chi connectivity index (χ0v) is 16.4. The minimum absolute atomic E-state index is 0. The van der Waals surface area contributed by atoms with Crippen LogP contribution >= 0.6 is 36.2 Å². The van der Waals surface area contributed by atoms with Crippen molar-refractivity contribution in [3.8, 4) is 0 Å². The van der Waals surface area contributed by atoms with Gasteiger partial charge in [0.05, 0.1) is 6.04 Å². The number of nitrogens with zero attached hydrogens (tertiary/aromatic N) is 1. The van der Waals surface area contributed by atoms with Crippen molar-refractivity contribution >= 4 is 42.1 Å². The molecule has 1 amide bonds. The molecule has 7 heteroatoms. The Morgan fingerprint density at radius 3 is 2.52 bits per heavy atom. The normalized spacial score (nSPS) is 17.5. The van der Waals surface area contributed by atoms with E-state index in [0.717, 1.165) is 30.0 Å². The molecule has 0 radical (unpaired) electrons. The number of nitrogens with two attached hydrogens (primary N) is 1. The smallest absolute Gasteiger partial charge is 0.221 e. The SMILES string of the molecule is CCC(NC(=O)CC1(CN)CCCCC1)c1nc(C)cs1.Cl.Cl. The Hall–Kier alpha value is -0.360. The number of aryl methyl sites for hydroxylation is 1. The van der Waals surface area contributed by atoms with Crippen LogP contribution in [0.1, 0.15) is 68.6 Å². The van der Waals surface area contributed by atoms with E-state index in [0.29, 0.717) is 13.0 Å². The van der Waals surface area contributed by atoms with Crippen LogP contribution in [0.2, 0.25) is 0 Å². The molecule has 23 heavy (non-hydrogen) atoms. The van der Waals surface area contributed by atoms with Gasteiger partial charge in [-0.25, -0.2) is 4.98 Å². The van der Waals surface area contributed by atoms with E-state index in [1.807, 2.05) is 12.3 Å². The molecule has 0 aromatic carbocycles. The van der Waals surface area contributed by atoms with Crippen molar-refractivity contribution in [3.63, 3.8) is 0 Å². The van der Waals surface area contributed by atoms with Gasteiger partial charge in [0, 0.05) is 17.5 Å². The third-order valence-electron chi connectivity index (χ3n) is 4.56. The Morgan fingerprint density at radius 2 is 2.04 bits per heavy atom. The average Bonchev–Trinajstić information content (AvgIpc) is 2.92. The van der Waals surface area contributed by atoms with Crippen LogP contribution in [0.15, 0.2) is 5.38 Å². The molecule has 1 heterocycles. The first-order valence-corrected chi connectivity index (χ1v) is 8.88. The largest absolute Gasteiger partial charge is 0.347 e. The van der Waals surface area contributed by atoms with Gasteiger partial charge < -0.3 is 11.1 Å². The number of amides is 1. The van der Waals surface area contributed by atoms with E-state index >= 15 is 0 Å². The van der Waals surface area contributed by atoms with Crippen LogP contribution in [-0.4, -0.2) is 17.4 Å². The summed E-state index contributed by atoms with van der Waals surface area (Å²) in [5.41, 5.74) is 7.02. The summed E-state index contributed by atoms with van der Waals surface area (Å²) < 4.78 is 0.